The summed E-state index contributed by atoms with van der Waals surface area (Å²) in [5.74, 6) is -0.379. The number of Topliss-reactive ketones (excluding diaryl/α,β-unsaturated/α-hetero) is 2. The first-order valence-electron chi connectivity index (χ1n) is 7.47. The predicted molar refractivity (Wildman–Crippen MR) is 92.8 cm³/mol. The summed E-state index contributed by atoms with van der Waals surface area (Å²) in [6, 6.07) is 8.19. The van der Waals surface area contributed by atoms with Gasteiger partial charge in [0.15, 0.2) is 30.5 Å². The van der Waals surface area contributed by atoms with Gasteiger partial charge in [-0.3, -0.25) is 9.59 Å². The quantitative estimate of drug-likeness (QED) is 0.530. The molecule has 0 aliphatic heterocycles. The first-order valence-corrected chi connectivity index (χ1v) is 8.29. The van der Waals surface area contributed by atoms with Gasteiger partial charge in [-0.25, -0.2) is 4.79 Å². The maximum atomic E-state index is 11.9. The van der Waals surface area contributed by atoms with Gasteiger partial charge < -0.3 is 14.2 Å². The van der Waals surface area contributed by atoms with Crippen molar-refractivity contribution in [2.24, 2.45) is 0 Å². The summed E-state index contributed by atoms with van der Waals surface area (Å²) >= 11 is 1.35. The maximum Gasteiger partial charge on any atom is 0.344 e. The number of hydrogen-bond acceptors (Lipinski definition) is 7. The van der Waals surface area contributed by atoms with Crippen LogP contribution in [0.1, 0.15) is 31.8 Å². The average molecular weight is 362 g/mol. The smallest absolute Gasteiger partial charge is 0.344 e. The molecule has 0 radical (unpaired) electrons. The van der Waals surface area contributed by atoms with Crippen molar-refractivity contribution in [2.45, 2.75) is 13.8 Å². The molecule has 0 aliphatic carbocycles. The molecule has 0 amide bonds. The van der Waals surface area contributed by atoms with E-state index in [4.69, 9.17) is 14.2 Å². The molecule has 1 aromatic carbocycles. The molecule has 7 heteroatoms. The van der Waals surface area contributed by atoms with Crippen LogP contribution in [0.4, 0.5) is 0 Å². The molecule has 0 saturated carbocycles. The Bertz CT molecular complexity index is 793. The lowest BCUT2D eigenvalue weighted by Crippen LogP contribution is -2.19. The molecule has 1 heterocycles. The minimum atomic E-state index is -0.667. The van der Waals surface area contributed by atoms with E-state index in [2.05, 4.69) is 0 Å². The van der Waals surface area contributed by atoms with Crippen LogP contribution in [0, 0.1) is 6.92 Å². The van der Waals surface area contributed by atoms with Crippen LogP contribution < -0.4 is 9.47 Å². The average Bonchev–Trinajstić information content (AvgIpc) is 3.04. The van der Waals surface area contributed by atoms with Gasteiger partial charge in [0.1, 0.15) is 0 Å². The van der Waals surface area contributed by atoms with Crippen LogP contribution >= 0.6 is 11.3 Å². The normalized spacial score (nSPS) is 10.2. The van der Waals surface area contributed by atoms with Crippen LogP contribution in [0.15, 0.2) is 30.3 Å². The van der Waals surface area contributed by atoms with Gasteiger partial charge in [0.2, 0.25) is 5.78 Å². The second kappa shape index (κ2) is 8.43. The van der Waals surface area contributed by atoms with E-state index in [0.717, 1.165) is 4.88 Å². The number of hydrogen-bond donors (Lipinski definition) is 0. The zero-order chi connectivity index (χ0) is 18.4. The van der Waals surface area contributed by atoms with E-state index in [1.807, 2.05) is 13.0 Å². The van der Waals surface area contributed by atoms with Crippen LogP contribution in [-0.2, 0) is 9.53 Å². The number of carbonyl (C=O) groups excluding carboxylic acids is 3. The van der Waals surface area contributed by atoms with Gasteiger partial charge in [0.05, 0.1) is 12.0 Å². The summed E-state index contributed by atoms with van der Waals surface area (Å²) in [5, 5.41) is 0. The highest BCUT2D eigenvalue weighted by molar-refractivity contribution is 7.14. The van der Waals surface area contributed by atoms with Crippen molar-refractivity contribution in [1.82, 2.24) is 0 Å². The van der Waals surface area contributed by atoms with Gasteiger partial charge in [0, 0.05) is 10.4 Å². The van der Waals surface area contributed by atoms with Gasteiger partial charge in [-0.1, -0.05) is 0 Å². The molecule has 0 bridgehead atoms. The second-order valence-corrected chi connectivity index (χ2v) is 6.49. The number of methoxy groups -OCH3 is 1. The Labute approximate surface area is 149 Å². The van der Waals surface area contributed by atoms with Crippen molar-refractivity contribution >= 4 is 28.9 Å². The summed E-state index contributed by atoms with van der Waals surface area (Å²) in [4.78, 5) is 36.5. The van der Waals surface area contributed by atoms with E-state index in [1.165, 1.54) is 31.4 Å². The Hall–Kier alpha value is -2.67. The fourth-order valence-corrected chi connectivity index (χ4v) is 2.78. The molecule has 2 rings (SSSR count). The SMILES string of the molecule is COc1cc(C(C)=O)ccc1OCC(=O)OCC(=O)c1ccc(C)s1. The number of esters is 1. The minimum Gasteiger partial charge on any atom is -0.493 e. The fourth-order valence-electron chi connectivity index (χ4n) is 1.99. The molecule has 0 fully saturated rings. The molecule has 0 atom stereocenters. The van der Waals surface area contributed by atoms with Crippen molar-refractivity contribution in [3.05, 3.63) is 45.6 Å². The third-order valence-corrected chi connectivity index (χ3v) is 4.34. The van der Waals surface area contributed by atoms with Crippen LogP contribution in [0.25, 0.3) is 0 Å². The highest BCUT2D eigenvalue weighted by atomic mass is 32.1. The molecule has 0 spiro atoms. The molecule has 0 N–H and O–H groups in total. The molecule has 6 nitrogen and oxygen atoms in total. The monoisotopic (exact) mass is 362 g/mol. The molecular weight excluding hydrogens is 344 g/mol. The fraction of sp³-hybridized carbons (Fsp3) is 0.278. The largest absolute Gasteiger partial charge is 0.493 e. The lowest BCUT2D eigenvalue weighted by Gasteiger charge is -2.11. The Morgan fingerprint density at radius 1 is 1.04 bits per heavy atom. The molecule has 0 unspecified atom stereocenters. The van der Waals surface area contributed by atoms with Crippen molar-refractivity contribution in [1.29, 1.82) is 0 Å². The zero-order valence-electron chi connectivity index (χ0n) is 14.2. The lowest BCUT2D eigenvalue weighted by molar-refractivity contribution is -0.144. The Morgan fingerprint density at radius 2 is 1.80 bits per heavy atom. The number of thiophene rings is 1. The number of carbonyl (C=O) groups is 3. The van der Waals surface area contributed by atoms with Crippen LogP contribution in [0.5, 0.6) is 11.5 Å². The van der Waals surface area contributed by atoms with E-state index in [0.29, 0.717) is 21.9 Å². The molecule has 0 aliphatic rings. The van der Waals surface area contributed by atoms with Gasteiger partial charge in [-0.15, -0.1) is 11.3 Å². The second-order valence-electron chi connectivity index (χ2n) is 5.20. The highest BCUT2D eigenvalue weighted by Gasteiger charge is 2.14. The van der Waals surface area contributed by atoms with Gasteiger partial charge in [-0.05, 0) is 44.2 Å². The van der Waals surface area contributed by atoms with Crippen LogP contribution in [0.2, 0.25) is 0 Å². The summed E-state index contributed by atoms with van der Waals surface area (Å²) in [7, 11) is 1.44. The van der Waals surface area contributed by atoms with E-state index < -0.39 is 5.97 Å². The number of benzene rings is 1. The highest BCUT2D eigenvalue weighted by Crippen LogP contribution is 2.28. The number of ketones is 2. The van der Waals surface area contributed by atoms with Gasteiger partial charge in [0.25, 0.3) is 0 Å². The summed E-state index contributed by atoms with van der Waals surface area (Å²) < 4.78 is 15.4. The Kier molecular flexibility index (Phi) is 6.30. The molecule has 25 heavy (non-hydrogen) atoms. The minimum absolute atomic E-state index is 0.105. The standard InChI is InChI=1S/C18H18O6S/c1-11-4-7-17(25-11)14(20)9-24-18(21)10-23-15-6-5-13(12(2)19)8-16(15)22-3/h4-8H,9-10H2,1-3H3. The maximum absolute atomic E-state index is 11.9. The molecule has 2 aromatic rings. The lowest BCUT2D eigenvalue weighted by atomic mass is 10.1. The first kappa shape index (κ1) is 18.7. The Morgan fingerprint density at radius 3 is 2.40 bits per heavy atom. The van der Waals surface area contributed by atoms with E-state index in [9.17, 15) is 14.4 Å². The van der Waals surface area contributed by atoms with Gasteiger partial charge in [-0.2, -0.15) is 0 Å². The summed E-state index contributed by atoms with van der Waals surface area (Å²) in [6.45, 7) is 2.64. The molecular formula is C18H18O6S. The van der Waals surface area contributed by atoms with Crippen LogP contribution in [-0.4, -0.2) is 37.9 Å². The Balaban J connectivity index is 1.87. The van der Waals surface area contributed by atoms with Crippen molar-refractivity contribution in [2.75, 3.05) is 20.3 Å². The molecule has 132 valence electrons. The van der Waals surface area contributed by atoms with E-state index in [-0.39, 0.29) is 24.8 Å². The van der Waals surface area contributed by atoms with Crippen molar-refractivity contribution < 1.29 is 28.6 Å². The topological polar surface area (TPSA) is 78.9 Å². The summed E-state index contributed by atoms with van der Waals surface area (Å²) in [5.41, 5.74) is 0.476. The number of ether oxygens (including phenoxy) is 3. The van der Waals surface area contributed by atoms with Crippen molar-refractivity contribution in [3.8, 4) is 11.5 Å². The van der Waals surface area contributed by atoms with Gasteiger partial charge >= 0.3 is 5.97 Å². The third-order valence-electron chi connectivity index (χ3n) is 3.30. The third kappa shape index (κ3) is 5.15. The summed E-state index contributed by atoms with van der Waals surface area (Å²) in [6.07, 6.45) is 0. The van der Waals surface area contributed by atoms with E-state index in [1.54, 1.807) is 18.2 Å². The van der Waals surface area contributed by atoms with Crippen molar-refractivity contribution in [3.63, 3.8) is 0 Å². The number of aryl methyl sites for hydroxylation is 1. The predicted octanol–water partition coefficient (Wildman–Crippen LogP) is 3.07. The van der Waals surface area contributed by atoms with Crippen LogP contribution in [0.3, 0.4) is 0 Å². The zero-order valence-corrected chi connectivity index (χ0v) is 15.0. The molecule has 0 saturated heterocycles. The van der Waals surface area contributed by atoms with E-state index >= 15 is 0 Å². The molecule has 1 aromatic heterocycles. The first-order chi connectivity index (χ1) is 11.9. The number of rotatable bonds is 8.